The molecular formula is C32H47N7O2. The first-order chi connectivity index (χ1) is 20.1. The maximum atomic E-state index is 9.87. The number of aromatic nitrogens is 2. The van der Waals surface area contributed by atoms with Crippen LogP contribution in [0.5, 0.6) is 5.75 Å². The number of aliphatic hydroxyl groups excluding tert-OH is 1. The first-order valence-corrected chi connectivity index (χ1v) is 15.7. The van der Waals surface area contributed by atoms with Gasteiger partial charge in [0, 0.05) is 57.1 Å². The number of hydrogen-bond donors (Lipinski definition) is 3. The highest BCUT2D eigenvalue weighted by atomic mass is 16.5. The number of ether oxygens (including phenoxy) is 1. The molecule has 3 heterocycles. The second-order valence-corrected chi connectivity index (χ2v) is 11.9. The van der Waals surface area contributed by atoms with Crippen LogP contribution in [0.3, 0.4) is 0 Å². The Morgan fingerprint density at radius 2 is 1.80 bits per heavy atom. The lowest BCUT2D eigenvalue weighted by atomic mass is 9.84. The molecule has 1 aliphatic carbocycles. The van der Waals surface area contributed by atoms with Gasteiger partial charge in [-0.25, -0.2) is 9.97 Å². The molecule has 0 bridgehead atoms. The van der Waals surface area contributed by atoms with Gasteiger partial charge in [-0.05, 0) is 75.8 Å². The van der Waals surface area contributed by atoms with Gasteiger partial charge in [0.15, 0.2) is 11.5 Å². The Morgan fingerprint density at radius 1 is 1.05 bits per heavy atom. The van der Waals surface area contributed by atoms with Crippen LogP contribution in [0.25, 0.3) is 0 Å². The van der Waals surface area contributed by atoms with Crippen LogP contribution in [0.1, 0.15) is 75.4 Å². The third-order valence-electron chi connectivity index (χ3n) is 9.27. The second-order valence-electron chi connectivity index (χ2n) is 11.9. The molecule has 0 spiro atoms. The zero-order valence-electron chi connectivity index (χ0n) is 24.9. The maximum Gasteiger partial charge on any atom is 0.183 e. The molecule has 9 nitrogen and oxygen atoms in total. The number of aryl methyl sites for hydroxylation is 2. The van der Waals surface area contributed by atoms with Crippen LogP contribution < -0.4 is 20.3 Å². The summed E-state index contributed by atoms with van der Waals surface area (Å²) in [5, 5.41) is 26.5. The smallest absolute Gasteiger partial charge is 0.183 e. The molecule has 0 atom stereocenters. The first kappa shape index (κ1) is 29.6. The summed E-state index contributed by atoms with van der Waals surface area (Å²) in [7, 11) is 1.69. The summed E-state index contributed by atoms with van der Waals surface area (Å²) >= 11 is 0. The zero-order chi connectivity index (χ0) is 28.6. The van der Waals surface area contributed by atoms with Gasteiger partial charge in [0.1, 0.15) is 11.8 Å². The molecule has 0 amide bonds. The Morgan fingerprint density at radius 3 is 2.49 bits per heavy atom. The van der Waals surface area contributed by atoms with Crippen LogP contribution in [0.4, 0.5) is 17.2 Å². The average Bonchev–Trinajstić information content (AvgIpc) is 3.03. The van der Waals surface area contributed by atoms with Crippen molar-refractivity contribution in [1.29, 1.82) is 5.26 Å². The molecule has 222 valence electrons. The minimum absolute atomic E-state index is 0.114. The van der Waals surface area contributed by atoms with Gasteiger partial charge < -0.3 is 25.4 Å². The summed E-state index contributed by atoms with van der Waals surface area (Å²) in [4.78, 5) is 14.7. The average molecular weight is 562 g/mol. The number of rotatable bonds is 10. The number of nitriles is 1. The number of piperidine rings is 1. The summed E-state index contributed by atoms with van der Waals surface area (Å²) in [6.45, 7) is 8.64. The molecule has 1 aromatic carbocycles. The predicted molar refractivity (Wildman–Crippen MR) is 163 cm³/mol. The van der Waals surface area contributed by atoms with E-state index in [1.165, 1.54) is 12.8 Å². The Hall–Kier alpha value is -2.93. The Kier molecular flexibility index (Phi) is 10.3. The van der Waals surface area contributed by atoms with Crippen molar-refractivity contribution in [1.82, 2.24) is 20.2 Å². The number of benzene rings is 1. The molecule has 41 heavy (non-hydrogen) atoms. The van der Waals surface area contributed by atoms with E-state index in [1.807, 2.05) is 6.07 Å². The normalized spacial score (nSPS) is 22.3. The minimum Gasteiger partial charge on any atom is -0.494 e. The lowest BCUT2D eigenvalue weighted by Crippen LogP contribution is -2.52. The number of nitrogens with one attached hydrogen (secondary N) is 2. The summed E-state index contributed by atoms with van der Waals surface area (Å²) in [6.07, 6.45) is 10.1. The second kappa shape index (κ2) is 14.3. The molecule has 3 N–H and O–H groups in total. The fraction of sp³-hybridized carbons (Fsp3) is 0.656. The number of nitrogens with zero attached hydrogens (tertiary/aromatic N) is 5. The third-order valence-corrected chi connectivity index (χ3v) is 9.27. The van der Waals surface area contributed by atoms with Crippen molar-refractivity contribution in [3.63, 3.8) is 0 Å². The number of hydrogen-bond acceptors (Lipinski definition) is 9. The standard InChI is InChI=1S/C32H47N7O2/c1-3-27-28(6-4-5-23-7-10-26(40)11-8-23)36-32(30(22-33)35-27)37-29-12-9-25(21-31(29)41-2)38-17-13-24(14-18-38)39-19-15-34-16-20-39/h9,12,21,23-24,26,34,40H,3-8,10-11,13-20H2,1-2H3,(H,36,37). The topological polar surface area (TPSA) is 110 Å². The van der Waals surface area contributed by atoms with Crippen LogP contribution in [0, 0.1) is 17.2 Å². The summed E-state index contributed by atoms with van der Waals surface area (Å²) in [5.74, 6) is 1.91. The van der Waals surface area contributed by atoms with Gasteiger partial charge in [0.2, 0.25) is 0 Å². The maximum absolute atomic E-state index is 9.87. The lowest BCUT2D eigenvalue weighted by Gasteiger charge is -2.41. The van der Waals surface area contributed by atoms with E-state index in [0.717, 1.165) is 119 Å². The molecule has 3 fully saturated rings. The van der Waals surface area contributed by atoms with Gasteiger partial charge in [0.25, 0.3) is 0 Å². The number of aliphatic hydroxyl groups is 1. The first-order valence-electron chi connectivity index (χ1n) is 15.7. The molecule has 5 rings (SSSR count). The zero-order valence-corrected chi connectivity index (χ0v) is 24.9. The van der Waals surface area contributed by atoms with E-state index >= 15 is 0 Å². The third kappa shape index (κ3) is 7.48. The van der Waals surface area contributed by atoms with Crippen LogP contribution in [0.15, 0.2) is 18.2 Å². The fourth-order valence-electron chi connectivity index (χ4n) is 6.79. The van der Waals surface area contributed by atoms with E-state index < -0.39 is 0 Å². The summed E-state index contributed by atoms with van der Waals surface area (Å²) < 4.78 is 5.80. The van der Waals surface area contributed by atoms with E-state index in [-0.39, 0.29) is 6.10 Å². The number of methoxy groups -OCH3 is 1. The van der Waals surface area contributed by atoms with Crippen molar-refractivity contribution in [2.75, 3.05) is 56.6 Å². The minimum atomic E-state index is -0.114. The SMILES string of the molecule is CCc1nc(C#N)c(Nc2ccc(N3CCC(N4CCNCC4)CC3)cc2OC)nc1CCCC1CCC(O)CC1. The van der Waals surface area contributed by atoms with Gasteiger partial charge in [-0.15, -0.1) is 0 Å². The van der Waals surface area contributed by atoms with Crippen molar-refractivity contribution in [2.45, 2.75) is 83.3 Å². The van der Waals surface area contributed by atoms with E-state index in [1.54, 1.807) is 7.11 Å². The summed E-state index contributed by atoms with van der Waals surface area (Å²) in [5.41, 5.74) is 4.13. The highest BCUT2D eigenvalue weighted by Gasteiger charge is 2.26. The van der Waals surface area contributed by atoms with E-state index in [9.17, 15) is 10.4 Å². The molecule has 1 aromatic heterocycles. The van der Waals surface area contributed by atoms with E-state index in [4.69, 9.17) is 14.7 Å². The molecule has 2 saturated heterocycles. The van der Waals surface area contributed by atoms with Gasteiger partial charge in [0.05, 0.1) is 30.3 Å². The van der Waals surface area contributed by atoms with Gasteiger partial charge >= 0.3 is 0 Å². The Labute approximate surface area is 245 Å². The molecule has 0 radical (unpaired) electrons. The molecule has 2 aromatic rings. The van der Waals surface area contributed by atoms with E-state index in [0.29, 0.717) is 23.5 Å². The van der Waals surface area contributed by atoms with Crippen molar-refractivity contribution < 1.29 is 9.84 Å². The molecule has 2 aliphatic heterocycles. The van der Waals surface area contributed by atoms with Crippen LogP contribution >= 0.6 is 0 Å². The molecule has 9 heteroatoms. The molecule has 0 unspecified atom stereocenters. The van der Waals surface area contributed by atoms with E-state index in [2.05, 4.69) is 45.6 Å². The highest BCUT2D eigenvalue weighted by Crippen LogP contribution is 2.34. The lowest BCUT2D eigenvalue weighted by molar-refractivity contribution is 0.106. The Bertz CT molecular complexity index is 1180. The van der Waals surface area contributed by atoms with Crippen molar-refractivity contribution in [3.8, 4) is 11.8 Å². The predicted octanol–water partition coefficient (Wildman–Crippen LogP) is 4.41. The quantitative estimate of drug-likeness (QED) is 0.389. The van der Waals surface area contributed by atoms with Gasteiger partial charge in [-0.3, -0.25) is 4.90 Å². The summed E-state index contributed by atoms with van der Waals surface area (Å²) in [6, 6.07) is 9.18. The van der Waals surface area contributed by atoms with Crippen LogP contribution in [-0.4, -0.2) is 78.5 Å². The molecular weight excluding hydrogens is 514 g/mol. The van der Waals surface area contributed by atoms with Gasteiger partial charge in [-0.2, -0.15) is 5.26 Å². The Balaban J connectivity index is 1.25. The highest BCUT2D eigenvalue weighted by molar-refractivity contribution is 5.71. The monoisotopic (exact) mass is 561 g/mol. The largest absolute Gasteiger partial charge is 0.494 e. The number of anilines is 3. The van der Waals surface area contributed by atoms with Crippen LogP contribution in [-0.2, 0) is 12.8 Å². The molecule has 3 aliphatic rings. The van der Waals surface area contributed by atoms with Gasteiger partial charge in [-0.1, -0.05) is 13.3 Å². The van der Waals surface area contributed by atoms with Crippen molar-refractivity contribution >= 4 is 17.2 Å². The van der Waals surface area contributed by atoms with Crippen molar-refractivity contribution in [3.05, 3.63) is 35.3 Å². The fourth-order valence-corrected chi connectivity index (χ4v) is 6.79. The van der Waals surface area contributed by atoms with Crippen LogP contribution in [0.2, 0.25) is 0 Å². The number of piperazine rings is 1. The van der Waals surface area contributed by atoms with Crippen molar-refractivity contribution in [2.24, 2.45) is 5.92 Å². The molecule has 1 saturated carbocycles.